The van der Waals surface area contributed by atoms with Gasteiger partial charge in [-0.1, -0.05) is 53.5 Å². The van der Waals surface area contributed by atoms with Crippen LogP contribution < -0.4 is 5.73 Å². The van der Waals surface area contributed by atoms with Gasteiger partial charge in [0.2, 0.25) is 0 Å². The zero-order valence-corrected chi connectivity index (χ0v) is 17.7. The van der Waals surface area contributed by atoms with Crippen LogP contribution in [0.4, 0.5) is 0 Å². The van der Waals surface area contributed by atoms with Gasteiger partial charge in [0.05, 0.1) is 28.1 Å². The Hall–Kier alpha value is -3.32. The van der Waals surface area contributed by atoms with E-state index in [9.17, 15) is 0 Å². The van der Waals surface area contributed by atoms with Crippen molar-refractivity contribution in [2.75, 3.05) is 0 Å². The maximum Gasteiger partial charge on any atom is 0.135 e. The Kier molecular flexibility index (Phi) is 5.11. The molecule has 0 amide bonds. The quantitative estimate of drug-likeness (QED) is 0.408. The molecule has 0 saturated carbocycles. The molecule has 5 aromatic rings. The normalized spacial score (nSPS) is 12.2. The van der Waals surface area contributed by atoms with Crippen molar-refractivity contribution < 1.29 is 0 Å². The van der Waals surface area contributed by atoms with Gasteiger partial charge in [0.15, 0.2) is 0 Å². The van der Waals surface area contributed by atoms with Gasteiger partial charge < -0.3 is 5.73 Å². The van der Waals surface area contributed by atoms with Crippen molar-refractivity contribution in [3.05, 3.63) is 101 Å². The second-order valence-corrected chi connectivity index (χ2v) is 7.75. The number of para-hydroxylation sites is 1. The van der Waals surface area contributed by atoms with E-state index in [2.05, 4.69) is 15.0 Å². The summed E-state index contributed by atoms with van der Waals surface area (Å²) in [7, 11) is 0. The van der Waals surface area contributed by atoms with Crippen molar-refractivity contribution in [1.29, 1.82) is 0 Å². The minimum Gasteiger partial charge on any atom is -0.318 e. The lowest BCUT2D eigenvalue weighted by molar-refractivity contribution is 0.792. The molecule has 0 fully saturated rings. The molecular formula is C23H16Cl2N6. The third kappa shape index (κ3) is 3.55. The van der Waals surface area contributed by atoms with E-state index >= 15 is 0 Å². The topological polar surface area (TPSA) is 82.5 Å². The smallest absolute Gasteiger partial charge is 0.135 e. The number of hydrogen-bond acceptors (Lipinski definition) is 5. The summed E-state index contributed by atoms with van der Waals surface area (Å²) in [5.41, 5.74) is 11.5. The lowest BCUT2D eigenvalue weighted by Crippen LogP contribution is -2.15. The molecule has 5 rings (SSSR count). The molecule has 0 aliphatic rings. The van der Waals surface area contributed by atoms with Crippen LogP contribution >= 0.6 is 23.2 Å². The highest BCUT2D eigenvalue weighted by Gasteiger charge is 2.23. The summed E-state index contributed by atoms with van der Waals surface area (Å²) >= 11 is 12.6. The molecule has 2 aromatic carbocycles. The summed E-state index contributed by atoms with van der Waals surface area (Å²) < 4.78 is 1.78. The molecule has 6 nitrogen and oxygen atoms in total. The van der Waals surface area contributed by atoms with Crippen molar-refractivity contribution >= 4 is 34.2 Å². The molecule has 3 heterocycles. The van der Waals surface area contributed by atoms with Crippen LogP contribution in [0.2, 0.25) is 10.0 Å². The summed E-state index contributed by atoms with van der Waals surface area (Å²) in [6, 6.07) is 20.1. The van der Waals surface area contributed by atoms with Crippen LogP contribution in [0.15, 0.2) is 79.3 Å². The van der Waals surface area contributed by atoms with Crippen molar-refractivity contribution in [3.8, 4) is 16.9 Å². The zero-order valence-electron chi connectivity index (χ0n) is 16.2. The zero-order chi connectivity index (χ0) is 21.4. The van der Waals surface area contributed by atoms with E-state index in [0.29, 0.717) is 32.5 Å². The minimum absolute atomic E-state index is 0.556. The van der Waals surface area contributed by atoms with Gasteiger partial charge in [-0.15, -0.1) is 0 Å². The van der Waals surface area contributed by atoms with Crippen molar-refractivity contribution in [2.45, 2.75) is 6.04 Å². The fourth-order valence-electron chi connectivity index (χ4n) is 3.51. The van der Waals surface area contributed by atoms with Gasteiger partial charge in [0, 0.05) is 16.8 Å². The second-order valence-electron chi connectivity index (χ2n) is 6.91. The molecule has 0 aliphatic heterocycles. The maximum atomic E-state index is 6.52. The predicted octanol–water partition coefficient (Wildman–Crippen LogP) is 5.23. The molecule has 0 radical (unpaired) electrons. The highest BCUT2D eigenvalue weighted by atomic mass is 35.5. The number of pyridine rings is 1. The third-order valence-corrected chi connectivity index (χ3v) is 5.56. The summed E-state index contributed by atoms with van der Waals surface area (Å²) in [6.45, 7) is 0. The van der Waals surface area contributed by atoms with Gasteiger partial charge in [-0.05, 0) is 36.4 Å². The van der Waals surface area contributed by atoms with Crippen molar-refractivity contribution in [2.24, 2.45) is 5.73 Å². The van der Waals surface area contributed by atoms with E-state index in [-0.39, 0.29) is 0 Å². The largest absolute Gasteiger partial charge is 0.318 e. The van der Waals surface area contributed by atoms with Gasteiger partial charge in [-0.3, -0.25) is 4.98 Å². The molecule has 0 spiro atoms. The molecule has 1 unspecified atom stereocenters. The fourth-order valence-corrected chi connectivity index (χ4v) is 3.85. The van der Waals surface area contributed by atoms with E-state index in [1.54, 1.807) is 10.9 Å². The highest BCUT2D eigenvalue weighted by molar-refractivity contribution is 6.32. The Labute approximate surface area is 188 Å². The van der Waals surface area contributed by atoms with Gasteiger partial charge in [0.25, 0.3) is 0 Å². The summed E-state index contributed by atoms with van der Waals surface area (Å²) in [4.78, 5) is 13.4. The Morgan fingerprint density at radius 3 is 2.32 bits per heavy atom. The Morgan fingerprint density at radius 2 is 1.58 bits per heavy atom. The lowest BCUT2D eigenvalue weighted by Gasteiger charge is -2.10. The van der Waals surface area contributed by atoms with Crippen LogP contribution in [-0.4, -0.2) is 24.7 Å². The average Bonchev–Trinajstić information content (AvgIpc) is 3.19. The molecular weight excluding hydrogens is 431 g/mol. The number of hydrogen-bond donors (Lipinski definition) is 1. The number of nitrogens with zero attached hydrogens (tertiary/aromatic N) is 5. The first-order valence-corrected chi connectivity index (χ1v) is 10.3. The molecule has 3 aromatic heterocycles. The number of nitrogens with two attached hydrogens (primary N) is 1. The SMILES string of the molecule is NC(c1ccccn1)c1ncnc2c(-c3ccc(Cl)cc3)n(-c3ccccc3Cl)nc12. The standard InChI is InChI=1S/C23H16Cl2N6/c24-15-10-8-14(9-11-15)23-22-21(30-31(23)18-7-2-1-5-16(18)25)20(28-13-29-22)19(26)17-6-3-4-12-27-17/h1-13,19H,26H2. The van der Waals surface area contributed by atoms with E-state index in [0.717, 1.165) is 16.9 Å². The van der Waals surface area contributed by atoms with Crippen LogP contribution in [0, 0.1) is 0 Å². The molecule has 152 valence electrons. The van der Waals surface area contributed by atoms with Crippen LogP contribution in [-0.2, 0) is 0 Å². The van der Waals surface area contributed by atoms with Gasteiger partial charge in [-0.2, -0.15) is 5.10 Å². The first-order chi connectivity index (χ1) is 15.1. The Bertz CT molecular complexity index is 1370. The number of halogens is 2. The fraction of sp³-hybridized carbons (Fsp3) is 0.0435. The second kappa shape index (κ2) is 8.07. The van der Waals surface area contributed by atoms with Crippen LogP contribution in [0.25, 0.3) is 28.0 Å². The van der Waals surface area contributed by atoms with E-state index in [1.807, 2.05) is 66.7 Å². The highest BCUT2D eigenvalue weighted by Crippen LogP contribution is 2.35. The number of rotatable bonds is 4. The number of benzene rings is 2. The van der Waals surface area contributed by atoms with Gasteiger partial charge >= 0.3 is 0 Å². The molecule has 8 heteroatoms. The van der Waals surface area contributed by atoms with Crippen molar-refractivity contribution in [3.63, 3.8) is 0 Å². The molecule has 0 aliphatic carbocycles. The van der Waals surface area contributed by atoms with Gasteiger partial charge in [0.1, 0.15) is 23.1 Å². The van der Waals surface area contributed by atoms with Gasteiger partial charge in [-0.25, -0.2) is 14.6 Å². The number of fused-ring (bicyclic) bond motifs is 1. The van der Waals surface area contributed by atoms with E-state index < -0.39 is 6.04 Å². The summed E-state index contributed by atoms with van der Waals surface area (Å²) in [5.74, 6) is 0. The summed E-state index contributed by atoms with van der Waals surface area (Å²) in [6.07, 6.45) is 3.20. The molecule has 31 heavy (non-hydrogen) atoms. The Balaban J connectivity index is 1.80. The first-order valence-electron chi connectivity index (χ1n) is 9.54. The predicted molar refractivity (Wildman–Crippen MR) is 122 cm³/mol. The molecule has 0 bridgehead atoms. The lowest BCUT2D eigenvalue weighted by atomic mass is 10.1. The van der Waals surface area contributed by atoms with Crippen LogP contribution in [0.3, 0.4) is 0 Å². The molecule has 0 saturated heterocycles. The summed E-state index contributed by atoms with van der Waals surface area (Å²) in [5, 5.41) is 6.06. The third-order valence-electron chi connectivity index (χ3n) is 4.99. The monoisotopic (exact) mass is 446 g/mol. The molecule has 1 atom stereocenters. The van der Waals surface area contributed by atoms with Crippen molar-refractivity contribution in [1.82, 2.24) is 24.7 Å². The minimum atomic E-state index is -0.556. The van der Waals surface area contributed by atoms with E-state index in [1.165, 1.54) is 6.33 Å². The van der Waals surface area contributed by atoms with E-state index in [4.69, 9.17) is 34.0 Å². The maximum absolute atomic E-state index is 6.52. The van der Waals surface area contributed by atoms with Crippen LogP contribution in [0.5, 0.6) is 0 Å². The number of aromatic nitrogens is 5. The van der Waals surface area contributed by atoms with Crippen LogP contribution in [0.1, 0.15) is 17.4 Å². The average molecular weight is 447 g/mol. The molecule has 2 N–H and O–H groups in total. The first kappa shape index (κ1) is 19.6. The Morgan fingerprint density at radius 1 is 0.806 bits per heavy atom.